The summed E-state index contributed by atoms with van der Waals surface area (Å²) in [5.41, 5.74) is 2.16. The summed E-state index contributed by atoms with van der Waals surface area (Å²) in [6.07, 6.45) is 3.36. The van der Waals surface area contributed by atoms with Crippen LogP contribution in [0.4, 0.5) is 0 Å². The summed E-state index contributed by atoms with van der Waals surface area (Å²) in [5, 5.41) is 3.37. The third-order valence-electron chi connectivity index (χ3n) is 4.42. The Balaban J connectivity index is 1.23. The lowest BCUT2D eigenvalue weighted by atomic mass is 9.93. The molecule has 4 nitrogen and oxygen atoms in total. The first-order chi connectivity index (χ1) is 11.2. The number of nitrogens with zero attached hydrogens (tertiary/aromatic N) is 3. The van der Waals surface area contributed by atoms with Crippen LogP contribution >= 0.6 is 23.1 Å². The molecule has 2 saturated heterocycles. The van der Waals surface area contributed by atoms with Gasteiger partial charge in [-0.05, 0) is 25.5 Å². The Labute approximate surface area is 145 Å². The molecule has 23 heavy (non-hydrogen) atoms. The highest BCUT2D eigenvalue weighted by Crippen LogP contribution is 2.46. The normalized spacial score (nSPS) is 23.3. The van der Waals surface area contributed by atoms with E-state index in [1.165, 1.54) is 18.1 Å². The Morgan fingerprint density at radius 3 is 3.04 bits per heavy atom. The van der Waals surface area contributed by atoms with Crippen LogP contribution in [0.3, 0.4) is 0 Å². The molecule has 4 heterocycles. The van der Waals surface area contributed by atoms with E-state index in [2.05, 4.69) is 38.9 Å². The molecule has 1 spiro atoms. The van der Waals surface area contributed by atoms with Crippen molar-refractivity contribution in [3.63, 3.8) is 0 Å². The standard InChI is InChI=1S/C17H21N3OS2/c1-13-9-22-16(19-13)7-20-11-17(12-20)6-15(10-23-17)21-8-14-4-2-3-5-18-14/h2-5,9,15H,6-8,10-12H2,1H3. The average Bonchev–Trinajstić information content (AvgIpc) is 3.13. The molecule has 0 bridgehead atoms. The molecule has 0 saturated carbocycles. The predicted molar refractivity (Wildman–Crippen MR) is 94.7 cm³/mol. The van der Waals surface area contributed by atoms with Crippen LogP contribution in [-0.4, -0.2) is 44.6 Å². The smallest absolute Gasteiger partial charge is 0.107 e. The molecule has 0 radical (unpaired) electrons. The van der Waals surface area contributed by atoms with Crippen LogP contribution in [0.25, 0.3) is 0 Å². The van der Waals surface area contributed by atoms with Gasteiger partial charge in [0.25, 0.3) is 0 Å². The molecule has 1 atom stereocenters. The number of thiazole rings is 1. The second kappa shape index (κ2) is 6.51. The van der Waals surface area contributed by atoms with Crippen molar-refractivity contribution in [2.75, 3.05) is 18.8 Å². The van der Waals surface area contributed by atoms with Crippen LogP contribution in [0.1, 0.15) is 22.8 Å². The number of aromatic nitrogens is 2. The van der Waals surface area contributed by atoms with Crippen LogP contribution in [0.2, 0.25) is 0 Å². The minimum atomic E-state index is 0.367. The molecule has 0 N–H and O–H groups in total. The number of rotatable bonds is 5. The van der Waals surface area contributed by atoms with Gasteiger partial charge in [-0.1, -0.05) is 6.07 Å². The van der Waals surface area contributed by atoms with E-state index in [1.54, 1.807) is 11.3 Å². The number of hydrogen-bond acceptors (Lipinski definition) is 6. The second-order valence-electron chi connectivity index (χ2n) is 6.48. The maximum Gasteiger partial charge on any atom is 0.107 e. The molecule has 2 aliphatic rings. The fraction of sp³-hybridized carbons (Fsp3) is 0.529. The van der Waals surface area contributed by atoms with E-state index in [1.807, 2.05) is 24.4 Å². The van der Waals surface area contributed by atoms with Crippen molar-refractivity contribution in [2.24, 2.45) is 0 Å². The number of likely N-dealkylation sites (tertiary alicyclic amines) is 1. The largest absolute Gasteiger partial charge is 0.371 e. The van der Waals surface area contributed by atoms with E-state index < -0.39 is 0 Å². The summed E-state index contributed by atoms with van der Waals surface area (Å²) in [4.78, 5) is 11.4. The van der Waals surface area contributed by atoms with Gasteiger partial charge in [-0.3, -0.25) is 9.88 Å². The summed E-state index contributed by atoms with van der Waals surface area (Å²) in [7, 11) is 0. The zero-order valence-corrected chi connectivity index (χ0v) is 14.9. The van der Waals surface area contributed by atoms with Crippen LogP contribution in [0.5, 0.6) is 0 Å². The van der Waals surface area contributed by atoms with E-state index in [4.69, 9.17) is 4.74 Å². The minimum absolute atomic E-state index is 0.367. The van der Waals surface area contributed by atoms with Crippen molar-refractivity contribution in [2.45, 2.75) is 37.3 Å². The monoisotopic (exact) mass is 347 g/mol. The number of pyridine rings is 1. The van der Waals surface area contributed by atoms with Crippen LogP contribution in [0, 0.1) is 6.92 Å². The molecule has 2 fully saturated rings. The third kappa shape index (κ3) is 3.60. The first-order valence-corrected chi connectivity index (χ1v) is 9.86. The topological polar surface area (TPSA) is 38.2 Å². The maximum absolute atomic E-state index is 6.06. The maximum atomic E-state index is 6.06. The molecule has 2 aromatic heterocycles. The first kappa shape index (κ1) is 15.6. The van der Waals surface area contributed by atoms with Crippen molar-refractivity contribution < 1.29 is 4.74 Å². The van der Waals surface area contributed by atoms with Crippen molar-refractivity contribution in [3.8, 4) is 0 Å². The molecule has 122 valence electrons. The Bertz CT molecular complexity index is 655. The van der Waals surface area contributed by atoms with Crippen LogP contribution in [0.15, 0.2) is 29.8 Å². The number of thioether (sulfide) groups is 1. The van der Waals surface area contributed by atoms with Crippen molar-refractivity contribution >= 4 is 23.1 Å². The quantitative estimate of drug-likeness (QED) is 0.831. The first-order valence-electron chi connectivity index (χ1n) is 8.00. The van der Waals surface area contributed by atoms with E-state index >= 15 is 0 Å². The van der Waals surface area contributed by atoms with Gasteiger partial charge in [0, 0.05) is 40.9 Å². The zero-order chi connectivity index (χ0) is 15.7. The summed E-state index contributed by atoms with van der Waals surface area (Å²) in [5.74, 6) is 1.11. The van der Waals surface area contributed by atoms with Gasteiger partial charge in [0.15, 0.2) is 0 Å². The molecule has 2 aromatic rings. The van der Waals surface area contributed by atoms with Gasteiger partial charge in [0.05, 0.1) is 24.9 Å². The molecule has 4 rings (SSSR count). The molecule has 0 aliphatic carbocycles. The van der Waals surface area contributed by atoms with Gasteiger partial charge in [-0.2, -0.15) is 0 Å². The average molecular weight is 348 g/mol. The highest BCUT2D eigenvalue weighted by Gasteiger charge is 2.49. The Kier molecular flexibility index (Phi) is 4.41. The van der Waals surface area contributed by atoms with Crippen molar-refractivity contribution in [1.29, 1.82) is 0 Å². The molecule has 2 aliphatic heterocycles. The molecule has 1 unspecified atom stereocenters. The van der Waals surface area contributed by atoms with Gasteiger partial charge < -0.3 is 4.74 Å². The summed E-state index contributed by atoms with van der Waals surface area (Å²) in [6, 6.07) is 5.98. The Morgan fingerprint density at radius 2 is 2.30 bits per heavy atom. The second-order valence-corrected chi connectivity index (χ2v) is 8.91. The van der Waals surface area contributed by atoms with Gasteiger partial charge in [0.2, 0.25) is 0 Å². The minimum Gasteiger partial charge on any atom is -0.371 e. The van der Waals surface area contributed by atoms with Gasteiger partial charge in [-0.25, -0.2) is 4.98 Å². The fourth-order valence-electron chi connectivity index (χ4n) is 3.36. The van der Waals surface area contributed by atoms with Crippen molar-refractivity contribution in [3.05, 3.63) is 46.2 Å². The summed E-state index contributed by atoms with van der Waals surface area (Å²) < 4.78 is 6.48. The summed E-state index contributed by atoms with van der Waals surface area (Å²) >= 11 is 3.86. The van der Waals surface area contributed by atoms with E-state index in [-0.39, 0.29) is 0 Å². The van der Waals surface area contributed by atoms with Gasteiger partial charge in [0.1, 0.15) is 5.01 Å². The lowest BCUT2D eigenvalue weighted by molar-refractivity contribution is 0.0251. The highest BCUT2D eigenvalue weighted by molar-refractivity contribution is 8.01. The van der Waals surface area contributed by atoms with Gasteiger partial charge in [-0.15, -0.1) is 23.1 Å². The SMILES string of the molecule is Cc1csc(CN2CC3(CC(OCc4ccccn4)CS3)C2)n1. The highest BCUT2D eigenvalue weighted by atomic mass is 32.2. The summed E-state index contributed by atoms with van der Waals surface area (Å²) in [6.45, 7) is 6.03. The molecule has 0 amide bonds. The van der Waals surface area contributed by atoms with E-state index in [0.717, 1.165) is 30.1 Å². The van der Waals surface area contributed by atoms with E-state index in [0.29, 0.717) is 17.5 Å². The Hall–Kier alpha value is -0.950. The van der Waals surface area contributed by atoms with E-state index in [9.17, 15) is 0 Å². The lowest BCUT2D eigenvalue weighted by Crippen LogP contribution is -2.58. The third-order valence-corrected chi connectivity index (χ3v) is 6.94. The number of hydrogen-bond donors (Lipinski definition) is 0. The predicted octanol–water partition coefficient (Wildman–Crippen LogP) is 3.12. The van der Waals surface area contributed by atoms with Crippen LogP contribution in [-0.2, 0) is 17.9 Å². The zero-order valence-electron chi connectivity index (χ0n) is 13.3. The number of aryl methyl sites for hydroxylation is 1. The molecular formula is C17H21N3OS2. The lowest BCUT2D eigenvalue weighted by Gasteiger charge is -2.47. The molecule has 0 aromatic carbocycles. The molecular weight excluding hydrogens is 326 g/mol. The number of ether oxygens (including phenoxy) is 1. The van der Waals surface area contributed by atoms with Gasteiger partial charge >= 0.3 is 0 Å². The van der Waals surface area contributed by atoms with Crippen molar-refractivity contribution in [1.82, 2.24) is 14.9 Å². The van der Waals surface area contributed by atoms with Crippen LogP contribution < -0.4 is 0 Å². The fourth-order valence-corrected chi connectivity index (χ4v) is 5.78. The Morgan fingerprint density at radius 1 is 1.39 bits per heavy atom. The molecule has 6 heteroatoms.